The molecule has 9 heteroatoms. The normalized spacial score (nSPS) is 11.3. The molecule has 21 heavy (non-hydrogen) atoms. The standard InChI is InChI=1S/C12H14N4O4S/c1-21(19,20)10-4-2-3-9(12(10)16(17)18)13-6-5-11-14-7-8-15-11/h2-4,7-8,13H,5-6H2,1H3,(H,14,15). The minimum Gasteiger partial charge on any atom is -0.379 e. The maximum atomic E-state index is 11.6. The van der Waals surface area contributed by atoms with Gasteiger partial charge in [0.15, 0.2) is 9.84 Å². The minimum absolute atomic E-state index is 0.175. The number of anilines is 1. The fourth-order valence-corrected chi connectivity index (χ4v) is 2.76. The van der Waals surface area contributed by atoms with Gasteiger partial charge in [0, 0.05) is 31.6 Å². The molecule has 0 radical (unpaired) electrons. The first-order valence-corrected chi connectivity index (χ1v) is 7.98. The van der Waals surface area contributed by atoms with Crippen molar-refractivity contribution in [1.82, 2.24) is 9.97 Å². The Morgan fingerprint density at radius 3 is 2.76 bits per heavy atom. The Balaban J connectivity index is 2.24. The largest absolute Gasteiger partial charge is 0.379 e. The van der Waals surface area contributed by atoms with Gasteiger partial charge >= 0.3 is 5.69 Å². The van der Waals surface area contributed by atoms with E-state index in [1.807, 2.05) is 0 Å². The van der Waals surface area contributed by atoms with Crippen LogP contribution in [0, 0.1) is 10.1 Å². The van der Waals surface area contributed by atoms with Crippen LogP contribution in [0.1, 0.15) is 5.82 Å². The smallest absolute Gasteiger partial charge is 0.310 e. The van der Waals surface area contributed by atoms with Crippen molar-refractivity contribution in [3.05, 3.63) is 46.5 Å². The first-order chi connectivity index (χ1) is 9.89. The quantitative estimate of drug-likeness (QED) is 0.614. The van der Waals surface area contributed by atoms with Crippen LogP contribution in [0.25, 0.3) is 0 Å². The molecule has 0 atom stereocenters. The zero-order valence-corrected chi connectivity index (χ0v) is 12.1. The molecule has 2 N–H and O–H groups in total. The SMILES string of the molecule is CS(=O)(=O)c1cccc(NCCc2ncc[nH]2)c1[N+](=O)[O-]. The molecular formula is C12H14N4O4S. The van der Waals surface area contributed by atoms with Crippen LogP contribution >= 0.6 is 0 Å². The van der Waals surface area contributed by atoms with Crippen molar-refractivity contribution in [3.8, 4) is 0 Å². The number of nitro groups is 1. The molecule has 1 heterocycles. The number of nitrogens with one attached hydrogen (secondary N) is 2. The van der Waals surface area contributed by atoms with Crippen LogP contribution in [-0.2, 0) is 16.3 Å². The molecule has 2 rings (SSSR count). The second kappa shape index (κ2) is 5.92. The summed E-state index contributed by atoms with van der Waals surface area (Å²) in [5, 5.41) is 14.0. The van der Waals surface area contributed by atoms with Gasteiger partial charge in [-0.25, -0.2) is 13.4 Å². The molecule has 1 aromatic carbocycles. The van der Waals surface area contributed by atoms with Crippen molar-refractivity contribution in [3.63, 3.8) is 0 Å². The predicted octanol–water partition coefficient (Wildman–Crippen LogP) is 1.38. The van der Waals surface area contributed by atoms with Crippen LogP contribution in [0.5, 0.6) is 0 Å². The number of rotatable bonds is 6. The van der Waals surface area contributed by atoms with Gasteiger partial charge in [-0.1, -0.05) is 6.07 Å². The van der Waals surface area contributed by atoms with Crippen molar-refractivity contribution in [2.75, 3.05) is 18.1 Å². The number of sulfone groups is 1. The summed E-state index contributed by atoms with van der Waals surface area (Å²) in [6.07, 6.45) is 4.78. The number of hydrogen-bond acceptors (Lipinski definition) is 6. The van der Waals surface area contributed by atoms with E-state index in [0.29, 0.717) is 13.0 Å². The second-order valence-corrected chi connectivity index (χ2v) is 6.38. The monoisotopic (exact) mass is 310 g/mol. The summed E-state index contributed by atoms with van der Waals surface area (Å²) < 4.78 is 23.2. The zero-order valence-electron chi connectivity index (χ0n) is 11.2. The fourth-order valence-electron chi connectivity index (χ4n) is 1.90. The Morgan fingerprint density at radius 1 is 1.43 bits per heavy atom. The van der Waals surface area contributed by atoms with Gasteiger partial charge < -0.3 is 10.3 Å². The molecule has 112 valence electrons. The third-order valence-corrected chi connectivity index (χ3v) is 3.94. The number of H-pyrrole nitrogens is 1. The average Bonchev–Trinajstić information content (AvgIpc) is 2.90. The average molecular weight is 310 g/mol. The number of nitro benzene ring substituents is 1. The summed E-state index contributed by atoms with van der Waals surface area (Å²) in [5.41, 5.74) is -0.256. The number of aromatic nitrogens is 2. The summed E-state index contributed by atoms with van der Waals surface area (Å²) in [5.74, 6) is 0.740. The highest BCUT2D eigenvalue weighted by atomic mass is 32.2. The van der Waals surface area contributed by atoms with E-state index in [9.17, 15) is 18.5 Å². The summed E-state index contributed by atoms with van der Waals surface area (Å²) in [6, 6.07) is 4.18. The molecule has 8 nitrogen and oxygen atoms in total. The van der Waals surface area contributed by atoms with Crippen LogP contribution in [0.4, 0.5) is 11.4 Å². The first-order valence-electron chi connectivity index (χ1n) is 6.09. The fraction of sp³-hybridized carbons (Fsp3) is 0.250. The Hall–Kier alpha value is -2.42. The minimum atomic E-state index is -3.67. The lowest BCUT2D eigenvalue weighted by Crippen LogP contribution is -2.10. The third kappa shape index (κ3) is 3.57. The molecule has 0 spiro atoms. The molecule has 0 bridgehead atoms. The number of imidazole rings is 1. The lowest BCUT2D eigenvalue weighted by atomic mass is 10.2. The van der Waals surface area contributed by atoms with Crippen molar-refractivity contribution in [2.45, 2.75) is 11.3 Å². The van der Waals surface area contributed by atoms with Gasteiger partial charge in [0.05, 0.1) is 4.92 Å². The maximum absolute atomic E-state index is 11.6. The Labute approximate surface area is 121 Å². The Kier molecular flexibility index (Phi) is 4.22. The van der Waals surface area contributed by atoms with Gasteiger partial charge in [-0.2, -0.15) is 0 Å². The highest BCUT2D eigenvalue weighted by Crippen LogP contribution is 2.31. The second-order valence-electron chi connectivity index (χ2n) is 4.39. The zero-order chi connectivity index (χ0) is 15.5. The van der Waals surface area contributed by atoms with E-state index < -0.39 is 20.4 Å². The van der Waals surface area contributed by atoms with Crippen LogP contribution in [0.3, 0.4) is 0 Å². The first kappa shape index (κ1) is 15.0. The Morgan fingerprint density at radius 2 is 2.19 bits per heavy atom. The molecule has 1 aromatic heterocycles. The lowest BCUT2D eigenvalue weighted by molar-refractivity contribution is -0.386. The predicted molar refractivity (Wildman–Crippen MR) is 77.0 cm³/mol. The van der Waals surface area contributed by atoms with E-state index in [1.54, 1.807) is 12.4 Å². The van der Waals surface area contributed by atoms with Gasteiger partial charge in [-0.05, 0) is 12.1 Å². The number of hydrogen-bond donors (Lipinski definition) is 2. The summed E-state index contributed by atoms with van der Waals surface area (Å²) in [6.45, 7) is 0.390. The molecule has 2 aromatic rings. The van der Waals surface area contributed by atoms with Crippen LogP contribution < -0.4 is 5.32 Å². The van der Waals surface area contributed by atoms with Crippen molar-refractivity contribution in [1.29, 1.82) is 0 Å². The summed E-state index contributed by atoms with van der Waals surface area (Å²) in [7, 11) is -3.67. The molecule has 0 aliphatic heterocycles. The molecule has 0 saturated heterocycles. The number of para-hydroxylation sites is 1. The van der Waals surface area contributed by atoms with Crippen LogP contribution in [0.2, 0.25) is 0 Å². The summed E-state index contributed by atoms with van der Waals surface area (Å²) in [4.78, 5) is 17.1. The maximum Gasteiger partial charge on any atom is 0.310 e. The van der Waals surface area contributed by atoms with Crippen molar-refractivity contribution >= 4 is 21.2 Å². The molecule has 0 amide bonds. The van der Waals surface area contributed by atoms with Gasteiger partial charge in [0.2, 0.25) is 0 Å². The molecule has 0 aliphatic rings. The Bertz CT molecular complexity index is 741. The van der Waals surface area contributed by atoms with Crippen molar-refractivity contribution in [2.24, 2.45) is 0 Å². The molecular weight excluding hydrogens is 296 g/mol. The van der Waals surface area contributed by atoms with E-state index in [-0.39, 0.29) is 10.6 Å². The van der Waals surface area contributed by atoms with Gasteiger partial charge in [-0.3, -0.25) is 10.1 Å². The van der Waals surface area contributed by atoms with E-state index >= 15 is 0 Å². The van der Waals surface area contributed by atoms with Gasteiger partial charge in [-0.15, -0.1) is 0 Å². The van der Waals surface area contributed by atoms with E-state index in [1.165, 1.54) is 18.2 Å². The third-order valence-electron chi connectivity index (χ3n) is 2.81. The van der Waals surface area contributed by atoms with E-state index in [2.05, 4.69) is 15.3 Å². The summed E-state index contributed by atoms with van der Waals surface area (Å²) >= 11 is 0. The lowest BCUT2D eigenvalue weighted by Gasteiger charge is -2.08. The highest BCUT2D eigenvalue weighted by Gasteiger charge is 2.25. The van der Waals surface area contributed by atoms with E-state index in [0.717, 1.165) is 12.1 Å². The highest BCUT2D eigenvalue weighted by molar-refractivity contribution is 7.90. The molecule has 0 aliphatic carbocycles. The van der Waals surface area contributed by atoms with Crippen LogP contribution in [-0.4, -0.2) is 36.1 Å². The molecule has 0 fully saturated rings. The van der Waals surface area contributed by atoms with Gasteiger partial charge in [0.25, 0.3) is 0 Å². The topological polar surface area (TPSA) is 118 Å². The number of benzene rings is 1. The number of aromatic amines is 1. The van der Waals surface area contributed by atoms with Crippen LogP contribution in [0.15, 0.2) is 35.5 Å². The van der Waals surface area contributed by atoms with Gasteiger partial charge in [0.1, 0.15) is 16.4 Å². The molecule has 0 saturated carbocycles. The molecule has 0 unspecified atom stereocenters. The van der Waals surface area contributed by atoms with E-state index in [4.69, 9.17) is 0 Å². The number of nitrogens with zero attached hydrogens (tertiary/aromatic N) is 2. The van der Waals surface area contributed by atoms with Crippen molar-refractivity contribution < 1.29 is 13.3 Å².